The van der Waals surface area contributed by atoms with Crippen LogP contribution in [0.4, 0.5) is 0 Å². The first-order chi connectivity index (χ1) is 20.2. The van der Waals surface area contributed by atoms with Crippen molar-refractivity contribution in [2.75, 3.05) is 26.9 Å². The lowest BCUT2D eigenvalue weighted by molar-refractivity contribution is -0.145. The molecule has 0 unspecified atom stereocenters. The first-order valence-corrected chi connectivity index (χ1v) is 14.4. The summed E-state index contributed by atoms with van der Waals surface area (Å²) in [7, 11) is 1.54. The number of ether oxygens (including phenoxy) is 5. The van der Waals surface area contributed by atoms with Gasteiger partial charge in [0.25, 0.3) is 5.56 Å². The number of aromatic nitrogens is 1. The van der Waals surface area contributed by atoms with Gasteiger partial charge in [0.2, 0.25) is 0 Å². The number of esters is 2. The highest BCUT2D eigenvalue weighted by molar-refractivity contribution is 7.07. The number of thiazole rings is 1. The van der Waals surface area contributed by atoms with E-state index in [9.17, 15) is 14.4 Å². The second kappa shape index (κ2) is 13.5. The molecule has 1 aliphatic heterocycles. The maximum atomic E-state index is 13.9. The zero-order valence-corrected chi connectivity index (χ0v) is 25.3. The third kappa shape index (κ3) is 6.73. The Morgan fingerprint density at radius 2 is 1.76 bits per heavy atom. The lowest BCUT2D eigenvalue weighted by Crippen LogP contribution is -2.40. The van der Waals surface area contributed by atoms with E-state index in [1.807, 2.05) is 19.9 Å². The summed E-state index contributed by atoms with van der Waals surface area (Å²) in [4.78, 5) is 43.7. The van der Waals surface area contributed by atoms with E-state index in [1.165, 1.54) is 23.0 Å². The number of methoxy groups -OCH3 is 1. The lowest BCUT2D eigenvalue weighted by Gasteiger charge is -2.25. The van der Waals surface area contributed by atoms with Crippen molar-refractivity contribution in [3.63, 3.8) is 0 Å². The summed E-state index contributed by atoms with van der Waals surface area (Å²) in [6, 6.07) is 11.5. The van der Waals surface area contributed by atoms with E-state index >= 15 is 0 Å². The van der Waals surface area contributed by atoms with Gasteiger partial charge in [0.15, 0.2) is 22.9 Å². The van der Waals surface area contributed by atoms with E-state index in [0.717, 1.165) is 5.56 Å². The van der Waals surface area contributed by atoms with Gasteiger partial charge in [-0.3, -0.25) is 9.36 Å². The second-order valence-corrected chi connectivity index (χ2v) is 10.6. The molecule has 0 amide bonds. The summed E-state index contributed by atoms with van der Waals surface area (Å²) in [5.74, 6) is 0.533. The van der Waals surface area contributed by atoms with Crippen molar-refractivity contribution >= 4 is 29.4 Å². The largest absolute Gasteiger partial charge is 0.493 e. The van der Waals surface area contributed by atoms with Crippen molar-refractivity contribution in [1.82, 2.24) is 4.57 Å². The number of allylic oxidation sites excluding steroid dienone is 1. The van der Waals surface area contributed by atoms with Crippen LogP contribution < -0.4 is 29.1 Å². The monoisotopic (exact) mass is 594 g/mol. The fraction of sp³-hybridized carbons (Fsp3) is 0.355. The maximum absolute atomic E-state index is 13.9. The molecule has 4 rings (SSSR count). The van der Waals surface area contributed by atoms with Crippen molar-refractivity contribution in [3.05, 3.63) is 84.5 Å². The normalized spacial score (nSPS) is 14.7. The Balaban J connectivity index is 1.78. The third-order valence-corrected chi connectivity index (χ3v) is 7.21. The summed E-state index contributed by atoms with van der Waals surface area (Å²) in [6.07, 6.45) is 1.68. The number of hydrogen-bond donors (Lipinski definition) is 0. The summed E-state index contributed by atoms with van der Waals surface area (Å²) >= 11 is 1.22. The number of fused-ring (bicyclic) bond motifs is 1. The maximum Gasteiger partial charge on any atom is 0.344 e. The molecule has 1 aliphatic rings. The predicted octanol–water partition coefficient (Wildman–Crippen LogP) is 3.54. The first kappa shape index (κ1) is 30.6. The topological polar surface area (TPSA) is 115 Å². The Morgan fingerprint density at radius 1 is 1.05 bits per heavy atom. The minimum Gasteiger partial charge on any atom is -0.493 e. The number of nitrogens with zero attached hydrogens (tertiary/aromatic N) is 2. The van der Waals surface area contributed by atoms with Crippen molar-refractivity contribution in [3.8, 4) is 17.2 Å². The van der Waals surface area contributed by atoms with Gasteiger partial charge in [-0.05, 0) is 76.1 Å². The van der Waals surface area contributed by atoms with Crippen LogP contribution in [0.15, 0.2) is 63.5 Å². The van der Waals surface area contributed by atoms with Crippen LogP contribution >= 0.6 is 11.3 Å². The van der Waals surface area contributed by atoms with Crippen molar-refractivity contribution < 1.29 is 33.3 Å². The van der Waals surface area contributed by atoms with Crippen molar-refractivity contribution in [2.45, 2.75) is 46.8 Å². The van der Waals surface area contributed by atoms with Crippen LogP contribution in [0.25, 0.3) is 6.08 Å². The molecular weight excluding hydrogens is 560 g/mol. The van der Waals surface area contributed by atoms with Crippen LogP contribution in [0.3, 0.4) is 0 Å². The lowest BCUT2D eigenvalue weighted by atomic mass is 9.95. The highest BCUT2D eigenvalue weighted by atomic mass is 32.1. The van der Waals surface area contributed by atoms with Crippen LogP contribution in [0.2, 0.25) is 0 Å². The van der Waals surface area contributed by atoms with Gasteiger partial charge in [0.05, 0.1) is 48.3 Å². The van der Waals surface area contributed by atoms with Crippen LogP contribution in [-0.4, -0.2) is 49.5 Å². The summed E-state index contributed by atoms with van der Waals surface area (Å²) in [5.41, 5.74) is 1.84. The van der Waals surface area contributed by atoms with Gasteiger partial charge in [-0.2, -0.15) is 0 Å². The molecule has 0 fully saturated rings. The predicted molar refractivity (Wildman–Crippen MR) is 158 cm³/mol. The molecule has 2 heterocycles. The molecule has 0 aliphatic carbocycles. The Kier molecular flexibility index (Phi) is 9.84. The molecule has 0 radical (unpaired) electrons. The van der Waals surface area contributed by atoms with Crippen molar-refractivity contribution in [2.24, 2.45) is 4.99 Å². The molecule has 2 aromatic carbocycles. The molecule has 10 nitrogen and oxygen atoms in total. The number of hydrogen-bond acceptors (Lipinski definition) is 10. The van der Waals surface area contributed by atoms with Gasteiger partial charge < -0.3 is 23.7 Å². The fourth-order valence-electron chi connectivity index (χ4n) is 4.47. The van der Waals surface area contributed by atoms with Gasteiger partial charge in [-0.25, -0.2) is 14.6 Å². The molecule has 11 heteroatoms. The van der Waals surface area contributed by atoms with E-state index < -0.39 is 18.0 Å². The van der Waals surface area contributed by atoms with E-state index in [4.69, 9.17) is 23.7 Å². The third-order valence-electron chi connectivity index (χ3n) is 6.22. The van der Waals surface area contributed by atoms with E-state index in [2.05, 4.69) is 4.99 Å². The zero-order valence-electron chi connectivity index (χ0n) is 24.5. The van der Waals surface area contributed by atoms with E-state index in [-0.39, 0.29) is 37.1 Å². The summed E-state index contributed by atoms with van der Waals surface area (Å²) in [6.45, 7) is 9.30. The van der Waals surface area contributed by atoms with Gasteiger partial charge in [-0.1, -0.05) is 29.5 Å². The standard InChI is InChI=1S/C31H34N2O8S/c1-7-38-26(34)17-40-22-12-9-20(10-13-22)15-25-29(35)33-28(21-11-14-23(41-18(3)4)24(16-21)37-6)27(30(36)39-8-2)19(5)32-31(33)42-25/h9-16,18,28H,7-8,17H2,1-6H3/b25-15-/t28-/m0/s1. The Morgan fingerprint density at radius 3 is 2.40 bits per heavy atom. The molecule has 1 atom stereocenters. The number of carbonyl (C=O) groups excluding carboxylic acids is 2. The number of benzene rings is 2. The Hall–Kier alpha value is -4.38. The SMILES string of the molecule is CCOC(=O)COc1ccc(/C=c2\sc3n(c2=O)[C@@H](c2ccc(OC(C)C)c(OC)c2)C(C(=O)OCC)=C(C)N=3)cc1. The van der Waals surface area contributed by atoms with Gasteiger partial charge in [0, 0.05) is 0 Å². The Bertz CT molecular complexity index is 1670. The fourth-order valence-corrected chi connectivity index (χ4v) is 5.52. The smallest absolute Gasteiger partial charge is 0.344 e. The van der Waals surface area contributed by atoms with Gasteiger partial charge in [0.1, 0.15) is 5.75 Å². The first-order valence-electron chi connectivity index (χ1n) is 13.6. The zero-order chi connectivity index (χ0) is 30.4. The molecule has 0 N–H and O–H groups in total. The molecule has 0 saturated heterocycles. The molecule has 222 valence electrons. The average Bonchev–Trinajstić information content (AvgIpc) is 3.26. The molecule has 42 heavy (non-hydrogen) atoms. The summed E-state index contributed by atoms with van der Waals surface area (Å²) < 4.78 is 29.1. The van der Waals surface area contributed by atoms with Gasteiger partial charge in [-0.15, -0.1) is 0 Å². The van der Waals surface area contributed by atoms with E-state index in [0.29, 0.717) is 37.8 Å². The molecule has 0 bridgehead atoms. The van der Waals surface area contributed by atoms with Gasteiger partial charge >= 0.3 is 11.9 Å². The van der Waals surface area contributed by atoms with Crippen LogP contribution in [0.1, 0.15) is 51.8 Å². The minimum atomic E-state index is -0.789. The molecule has 1 aromatic heterocycles. The van der Waals surface area contributed by atoms with Crippen LogP contribution in [0, 0.1) is 0 Å². The molecule has 0 saturated carbocycles. The second-order valence-electron chi connectivity index (χ2n) is 9.54. The number of rotatable bonds is 11. The quantitative estimate of drug-likeness (QED) is 0.310. The van der Waals surface area contributed by atoms with Crippen molar-refractivity contribution in [1.29, 1.82) is 0 Å². The minimum absolute atomic E-state index is 0.0714. The molecule has 0 spiro atoms. The number of carbonyl (C=O) groups is 2. The Labute approximate surface area is 247 Å². The average molecular weight is 595 g/mol. The highest BCUT2D eigenvalue weighted by Crippen LogP contribution is 2.36. The highest BCUT2D eigenvalue weighted by Gasteiger charge is 2.34. The van der Waals surface area contributed by atoms with Crippen LogP contribution in [0.5, 0.6) is 17.2 Å². The summed E-state index contributed by atoms with van der Waals surface area (Å²) in [5, 5.41) is 0. The molecular formula is C31H34N2O8S. The van der Waals surface area contributed by atoms with E-state index in [1.54, 1.807) is 63.2 Å². The molecule has 3 aromatic rings. The van der Waals surface area contributed by atoms with Crippen LogP contribution in [-0.2, 0) is 19.1 Å².